The van der Waals surface area contributed by atoms with Crippen LogP contribution in [0.25, 0.3) is 0 Å². The first-order valence-corrected chi connectivity index (χ1v) is 7.66. The average molecular weight is 304 g/mol. The molecule has 0 aliphatic carbocycles. The van der Waals surface area contributed by atoms with Gasteiger partial charge >= 0.3 is 0 Å². The minimum absolute atomic E-state index is 0.401. The zero-order valence-electron chi connectivity index (χ0n) is 12.8. The van der Waals surface area contributed by atoms with Crippen LogP contribution >= 0.6 is 11.6 Å². The van der Waals surface area contributed by atoms with Crippen molar-refractivity contribution in [3.05, 3.63) is 58.1 Å². The van der Waals surface area contributed by atoms with Gasteiger partial charge in [0.05, 0.1) is 0 Å². The molecule has 2 rings (SSSR count). The Morgan fingerprint density at radius 2 is 1.86 bits per heavy atom. The van der Waals surface area contributed by atoms with Crippen LogP contribution in [0.2, 0.25) is 5.02 Å². The highest BCUT2D eigenvalue weighted by molar-refractivity contribution is 6.30. The molecule has 2 N–H and O–H groups in total. The topological polar surface area (TPSA) is 35.2 Å². The smallest absolute Gasteiger partial charge is 0.132 e. The molecule has 0 bridgehead atoms. The van der Waals surface area contributed by atoms with E-state index in [0.29, 0.717) is 17.5 Å². The van der Waals surface area contributed by atoms with Gasteiger partial charge in [0.1, 0.15) is 11.5 Å². The zero-order valence-corrected chi connectivity index (χ0v) is 13.6. The van der Waals surface area contributed by atoms with E-state index in [4.69, 9.17) is 22.1 Å². The van der Waals surface area contributed by atoms with Crippen LogP contribution in [0.4, 0.5) is 0 Å². The normalized spacial score (nSPS) is 11.0. The Morgan fingerprint density at radius 3 is 2.52 bits per heavy atom. The molecule has 0 fully saturated rings. The monoisotopic (exact) mass is 303 g/mol. The van der Waals surface area contributed by atoms with Crippen molar-refractivity contribution in [2.24, 2.45) is 5.73 Å². The molecule has 3 heteroatoms. The maximum Gasteiger partial charge on any atom is 0.132 e. The summed E-state index contributed by atoms with van der Waals surface area (Å²) in [5.41, 5.74) is 9.13. The summed E-state index contributed by atoms with van der Waals surface area (Å²) < 4.78 is 6.18. The molecule has 0 spiro atoms. The second kappa shape index (κ2) is 6.97. The van der Waals surface area contributed by atoms with Crippen LogP contribution in [-0.2, 0) is 6.42 Å². The lowest BCUT2D eigenvalue weighted by molar-refractivity contribution is 0.466. The van der Waals surface area contributed by atoms with Crippen molar-refractivity contribution in [2.75, 3.05) is 6.54 Å². The van der Waals surface area contributed by atoms with Gasteiger partial charge in [0.25, 0.3) is 0 Å². The Bertz CT molecular complexity index is 623. The van der Waals surface area contributed by atoms with Gasteiger partial charge < -0.3 is 10.5 Å². The number of nitrogens with two attached hydrogens (primary N) is 1. The van der Waals surface area contributed by atoms with Gasteiger partial charge in [-0.1, -0.05) is 43.6 Å². The summed E-state index contributed by atoms with van der Waals surface area (Å²) in [6.45, 7) is 6.98. The predicted molar refractivity (Wildman–Crippen MR) is 89.6 cm³/mol. The van der Waals surface area contributed by atoms with Gasteiger partial charge in [0.2, 0.25) is 0 Å². The van der Waals surface area contributed by atoms with Crippen LogP contribution in [0.3, 0.4) is 0 Å². The summed E-state index contributed by atoms with van der Waals surface area (Å²) >= 11 is 6.11. The molecule has 0 aromatic heterocycles. The standard InChI is InChI=1S/C18H22ClNO/c1-12(2)16-7-4-13(3)10-18(16)21-17-11-15(19)6-5-14(17)8-9-20/h4-7,10-12H,8-9,20H2,1-3H3. The lowest BCUT2D eigenvalue weighted by atomic mass is 10.0. The van der Waals surface area contributed by atoms with Gasteiger partial charge in [-0.2, -0.15) is 0 Å². The summed E-state index contributed by atoms with van der Waals surface area (Å²) in [4.78, 5) is 0. The first-order valence-electron chi connectivity index (χ1n) is 7.28. The second-order valence-corrected chi connectivity index (χ2v) is 6.03. The summed E-state index contributed by atoms with van der Waals surface area (Å²) in [5.74, 6) is 2.09. The number of rotatable bonds is 5. The number of halogens is 1. The minimum atomic E-state index is 0.401. The van der Waals surface area contributed by atoms with E-state index in [9.17, 15) is 0 Å². The number of hydrogen-bond acceptors (Lipinski definition) is 2. The lowest BCUT2D eigenvalue weighted by Crippen LogP contribution is -2.04. The highest BCUT2D eigenvalue weighted by Crippen LogP contribution is 2.34. The molecule has 2 nitrogen and oxygen atoms in total. The lowest BCUT2D eigenvalue weighted by Gasteiger charge is -2.17. The van der Waals surface area contributed by atoms with Crippen LogP contribution < -0.4 is 10.5 Å². The molecular weight excluding hydrogens is 282 g/mol. The summed E-state index contributed by atoms with van der Waals surface area (Å²) in [5, 5.41) is 0.671. The van der Waals surface area contributed by atoms with Crippen LogP contribution in [0.1, 0.15) is 36.5 Å². The molecule has 0 aliphatic heterocycles. The average Bonchev–Trinajstić information content (AvgIpc) is 2.42. The van der Waals surface area contributed by atoms with E-state index in [-0.39, 0.29) is 0 Å². The third-order valence-corrected chi connectivity index (χ3v) is 3.69. The maximum absolute atomic E-state index is 6.18. The van der Waals surface area contributed by atoms with Crippen LogP contribution in [0.15, 0.2) is 36.4 Å². The van der Waals surface area contributed by atoms with E-state index in [1.807, 2.05) is 18.2 Å². The van der Waals surface area contributed by atoms with Gasteiger partial charge in [-0.05, 0) is 60.7 Å². The van der Waals surface area contributed by atoms with Crippen molar-refractivity contribution in [3.8, 4) is 11.5 Å². The van der Waals surface area contributed by atoms with Crippen LogP contribution in [0, 0.1) is 6.92 Å². The van der Waals surface area contributed by atoms with Crippen molar-refractivity contribution in [2.45, 2.75) is 33.1 Å². The van der Waals surface area contributed by atoms with Gasteiger partial charge in [-0.3, -0.25) is 0 Å². The highest BCUT2D eigenvalue weighted by Gasteiger charge is 2.12. The van der Waals surface area contributed by atoms with E-state index in [1.165, 1.54) is 11.1 Å². The molecule has 2 aromatic rings. The molecule has 0 radical (unpaired) electrons. The Kier molecular flexibility index (Phi) is 5.27. The molecule has 0 heterocycles. The number of ether oxygens (including phenoxy) is 1. The van der Waals surface area contributed by atoms with Gasteiger partial charge in [0, 0.05) is 5.02 Å². The minimum Gasteiger partial charge on any atom is -0.457 e. The van der Waals surface area contributed by atoms with Crippen LogP contribution in [0.5, 0.6) is 11.5 Å². The van der Waals surface area contributed by atoms with E-state index >= 15 is 0 Å². The summed E-state index contributed by atoms with van der Waals surface area (Å²) in [7, 11) is 0. The fourth-order valence-corrected chi connectivity index (χ4v) is 2.47. The largest absolute Gasteiger partial charge is 0.457 e. The number of hydrogen-bond donors (Lipinski definition) is 1. The third-order valence-electron chi connectivity index (χ3n) is 3.45. The Balaban J connectivity index is 2.42. The van der Waals surface area contributed by atoms with E-state index < -0.39 is 0 Å². The Hall–Kier alpha value is -1.51. The molecule has 0 atom stereocenters. The Morgan fingerprint density at radius 1 is 1.10 bits per heavy atom. The number of benzene rings is 2. The fraction of sp³-hybridized carbons (Fsp3) is 0.333. The molecule has 0 saturated carbocycles. The van der Waals surface area contributed by atoms with Crippen molar-refractivity contribution < 1.29 is 4.74 Å². The molecule has 0 saturated heterocycles. The Labute approximate surface area is 131 Å². The molecule has 0 amide bonds. The summed E-state index contributed by atoms with van der Waals surface area (Å²) in [6.07, 6.45) is 0.773. The van der Waals surface area contributed by atoms with Crippen molar-refractivity contribution in [1.29, 1.82) is 0 Å². The molecule has 21 heavy (non-hydrogen) atoms. The molecule has 112 valence electrons. The van der Waals surface area contributed by atoms with E-state index in [1.54, 1.807) is 0 Å². The highest BCUT2D eigenvalue weighted by atomic mass is 35.5. The molecule has 0 unspecified atom stereocenters. The molecular formula is C18H22ClNO. The predicted octanol–water partition coefficient (Wildman–Crippen LogP) is 5.07. The summed E-state index contributed by atoms with van der Waals surface area (Å²) in [6, 6.07) is 12.0. The van der Waals surface area contributed by atoms with Gasteiger partial charge in [-0.15, -0.1) is 0 Å². The van der Waals surface area contributed by atoms with Crippen molar-refractivity contribution in [3.63, 3.8) is 0 Å². The first-order chi connectivity index (χ1) is 10.0. The van der Waals surface area contributed by atoms with Gasteiger partial charge in [-0.25, -0.2) is 0 Å². The molecule has 0 aliphatic rings. The van der Waals surface area contributed by atoms with Gasteiger partial charge in [0.15, 0.2) is 0 Å². The first kappa shape index (κ1) is 15.9. The third kappa shape index (κ3) is 3.99. The van der Waals surface area contributed by atoms with Crippen molar-refractivity contribution >= 4 is 11.6 Å². The van der Waals surface area contributed by atoms with Crippen molar-refractivity contribution in [1.82, 2.24) is 0 Å². The quantitative estimate of drug-likeness (QED) is 0.837. The fourth-order valence-electron chi connectivity index (χ4n) is 2.31. The molecule has 2 aromatic carbocycles. The second-order valence-electron chi connectivity index (χ2n) is 5.59. The van der Waals surface area contributed by atoms with E-state index in [2.05, 4.69) is 39.0 Å². The number of aryl methyl sites for hydroxylation is 1. The SMILES string of the molecule is Cc1ccc(C(C)C)c(Oc2cc(Cl)ccc2CCN)c1. The maximum atomic E-state index is 6.18. The van der Waals surface area contributed by atoms with E-state index in [0.717, 1.165) is 23.5 Å². The van der Waals surface area contributed by atoms with Crippen LogP contribution in [-0.4, -0.2) is 6.54 Å². The zero-order chi connectivity index (χ0) is 15.4.